The van der Waals surface area contributed by atoms with E-state index >= 15 is 4.39 Å². The van der Waals surface area contributed by atoms with Crippen molar-refractivity contribution in [3.63, 3.8) is 0 Å². The van der Waals surface area contributed by atoms with Gasteiger partial charge in [-0.25, -0.2) is 27.9 Å². The molecule has 0 N–H and O–H groups in total. The first-order valence-corrected chi connectivity index (χ1v) is 11.2. The van der Waals surface area contributed by atoms with Crippen LogP contribution in [0.2, 0.25) is 0 Å². The normalized spacial score (nSPS) is 14.4. The van der Waals surface area contributed by atoms with Gasteiger partial charge in [-0.3, -0.25) is 0 Å². The molecule has 1 aromatic heterocycles. The van der Waals surface area contributed by atoms with Crippen molar-refractivity contribution in [3.05, 3.63) is 47.5 Å². The lowest BCUT2D eigenvalue weighted by Crippen LogP contribution is -2.50. The number of piperazine rings is 1. The van der Waals surface area contributed by atoms with Gasteiger partial charge < -0.3 is 19.3 Å². The summed E-state index contributed by atoms with van der Waals surface area (Å²) in [5.41, 5.74) is -0.647. The molecule has 7 nitrogen and oxygen atoms in total. The maximum absolute atomic E-state index is 15.8. The van der Waals surface area contributed by atoms with Crippen LogP contribution in [0, 0.1) is 24.4 Å². The number of halogens is 3. The third-order valence-electron chi connectivity index (χ3n) is 5.80. The van der Waals surface area contributed by atoms with Crippen molar-refractivity contribution in [2.24, 2.45) is 0 Å². The summed E-state index contributed by atoms with van der Waals surface area (Å²) >= 11 is 0. The molecule has 0 spiro atoms. The first kappa shape index (κ1) is 24.6. The summed E-state index contributed by atoms with van der Waals surface area (Å²) in [6, 6.07) is 3.85. The number of hydrogen-bond donors (Lipinski definition) is 0. The largest absolute Gasteiger partial charge is 0.496 e. The molecule has 0 unspecified atom stereocenters. The van der Waals surface area contributed by atoms with E-state index in [0.717, 1.165) is 6.07 Å². The summed E-state index contributed by atoms with van der Waals surface area (Å²) in [5, 5.41) is 0.438. The molecule has 0 atom stereocenters. The van der Waals surface area contributed by atoms with Crippen molar-refractivity contribution in [2.45, 2.75) is 33.3 Å². The number of benzene rings is 2. The Balaban J connectivity index is 1.71. The fraction of sp³-hybridized carbons (Fsp3) is 0.400. The Kier molecular flexibility index (Phi) is 6.48. The molecule has 3 aromatic rings. The number of carbonyl (C=O) groups excluding carboxylic acids is 1. The topological polar surface area (TPSA) is 67.8 Å². The number of ether oxygens (including phenoxy) is 2. The van der Waals surface area contributed by atoms with Gasteiger partial charge in [-0.15, -0.1) is 0 Å². The standard InChI is InChI=1S/C25H27F3N4O3/c1-14-12-15-22(21(28)18(14)19-17(34-5)7-6-16(26)20(19)27)29-13-30-23(15)31-8-10-32(11-9-31)24(33)35-25(2,3)4/h6-7,12-13H,8-11H2,1-5H3. The van der Waals surface area contributed by atoms with Gasteiger partial charge in [0.05, 0.1) is 12.7 Å². The molecule has 0 aliphatic carbocycles. The molecule has 35 heavy (non-hydrogen) atoms. The summed E-state index contributed by atoms with van der Waals surface area (Å²) in [4.78, 5) is 24.4. The number of rotatable bonds is 3. The van der Waals surface area contributed by atoms with Crippen LogP contribution in [0.15, 0.2) is 24.5 Å². The van der Waals surface area contributed by atoms with Crippen LogP contribution in [0.3, 0.4) is 0 Å². The van der Waals surface area contributed by atoms with E-state index in [1.165, 1.54) is 19.5 Å². The van der Waals surface area contributed by atoms with Crippen LogP contribution in [-0.2, 0) is 4.74 Å². The van der Waals surface area contributed by atoms with E-state index in [4.69, 9.17) is 9.47 Å². The predicted octanol–water partition coefficient (Wildman–Crippen LogP) is 5.09. The van der Waals surface area contributed by atoms with Gasteiger partial charge in [0.1, 0.15) is 29.0 Å². The smallest absolute Gasteiger partial charge is 0.410 e. The van der Waals surface area contributed by atoms with Crippen LogP contribution in [0.4, 0.5) is 23.8 Å². The Labute approximate surface area is 201 Å². The Morgan fingerprint density at radius 2 is 1.69 bits per heavy atom. The highest BCUT2D eigenvalue weighted by molar-refractivity contribution is 5.95. The summed E-state index contributed by atoms with van der Waals surface area (Å²) in [7, 11) is 1.31. The zero-order chi connectivity index (χ0) is 25.5. The molecular formula is C25H27F3N4O3. The molecule has 186 valence electrons. The molecular weight excluding hydrogens is 461 g/mol. The van der Waals surface area contributed by atoms with Gasteiger partial charge in [-0.05, 0) is 51.5 Å². The molecule has 1 saturated heterocycles. The zero-order valence-corrected chi connectivity index (χ0v) is 20.3. The summed E-state index contributed by atoms with van der Waals surface area (Å²) in [5.74, 6) is -2.58. The number of carbonyl (C=O) groups is 1. The molecule has 1 amide bonds. The van der Waals surface area contributed by atoms with Crippen molar-refractivity contribution in [2.75, 3.05) is 38.2 Å². The third kappa shape index (κ3) is 4.69. The van der Waals surface area contributed by atoms with E-state index in [1.54, 1.807) is 17.9 Å². The van der Waals surface area contributed by atoms with Gasteiger partial charge >= 0.3 is 6.09 Å². The maximum Gasteiger partial charge on any atom is 0.410 e. The van der Waals surface area contributed by atoms with Crippen molar-refractivity contribution in [1.82, 2.24) is 14.9 Å². The van der Waals surface area contributed by atoms with Crippen LogP contribution in [-0.4, -0.2) is 59.9 Å². The van der Waals surface area contributed by atoms with Gasteiger partial charge in [0.15, 0.2) is 17.5 Å². The Bertz CT molecular complexity index is 1290. The Hall–Kier alpha value is -3.56. The lowest BCUT2D eigenvalue weighted by atomic mass is 9.96. The molecule has 1 aliphatic rings. The second-order valence-electron chi connectivity index (χ2n) is 9.37. The molecule has 1 fully saturated rings. The SMILES string of the molecule is COc1ccc(F)c(F)c1-c1c(C)cc2c(N3CCN(C(=O)OC(C)(C)C)CC3)ncnc2c1F. The van der Waals surface area contributed by atoms with E-state index in [9.17, 15) is 13.6 Å². The number of nitrogens with zero attached hydrogens (tertiary/aromatic N) is 4. The number of amides is 1. The van der Waals surface area contributed by atoms with Crippen LogP contribution < -0.4 is 9.64 Å². The number of aromatic nitrogens is 2. The average molecular weight is 489 g/mol. The monoisotopic (exact) mass is 488 g/mol. The molecule has 0 radical (unpaired) electrons. The third-order valence-corrected chi connectivity index (χ3v) is 5.80. The summed E-state index contributed by atoms with van der Waals surface area (Å²) in [6.07, 6.45) is 0.849. The number of hydrogen-bond acceptors (Lipinski definition) is 6. The molecule has 2 aromatic carbocycles. The van der Waals surface area contributed by atoms with E-state index in [1.807, 2.05) is 25.7 Å². The summed E-state index contributed by atoms with van der Waals surface area (Å²) < 4.78 is 55.2. The highest BCUT2D eigenvalue weighted by Gasteiger charge is 2.29. The minimum Gasteiger partial charge on any atom is -0.496 e. The molecule has 2 heterocycles. The molecule has 1 aliphatic heterocycles. The predicted molar refractivity (Wildman–Crippen MR) is 126 cm³/mol. The number of aryl methyl sites for hydroxylation is 1. The zero-order valence-electron chi connectivity index (χ0n) is 20.3. The highest BCUT2D eigenvalue weighted by atomic mass is 19.2. The van der Waals surface area contributed by atoms with Gasteiger partial charge in [0, 0.05) is 37.1 Å². The quantitative estimate of drug-likeness (QED) is 0.512. The Morgan fingerprint density at radius 3 is 2.31 bits per heavy atom. The van der Waals surface area contributed by atoms with Gasteiger partial charge in [-0.2, -0.15) is 0 Å². The van der Waals surface area contributed by atoms with Crippen LogP contribution >= 0.6 is 0 Å². The number of fused-ring (bicyclic) bond motifs is 1. The first-order chi connectivity index (χ1) is 16.5. The second kappa shape index (κ2) is 9.24. The van der Waals surface area contributed by atoms with Crippen LogP contribution in [0.25, 0.3) is 22.0 Å². The lowest BCUT2D eigenvalue weighted by Gasteiger charge is -2.36. The second-order valence-corrected chi connectivity index (χ2v) is 9.37. The van der Waals surface area contributed by atoms with E-state index in [2.05, 4.69) is 9.97 Å². The highest BCUT2D eigenvalue weighted by Crippen LogP contribution is 2.40. The fourth-order valence-electron chi connectivity index (χ4n) is 4.20. The van der Waals surface area contributed by atoms with Crippen LogP contribution in [0.5, 0.6) is 5.75 Å². The minimum atomic E-state index is -1.20. The van der Waals surface area contributed by atoms with Gasteiger partial charge in [0.25, 0.3) is 0 Å². The maximum atomic E-state index is 15.8. The number of methoxy groups -OCH3 is 1. The molecule has 0 saturated carbocycles. The molecule has 4 rings (SSSR count). The lowest BCUT2D eigenvalue weighted by molar-refractivity contribution is 0.0240. The fourth-order valence-corrected chi connectivity index (χ4v) is 4.20. The summed E-state index contributed by atoms with van der Waals surface area (Å²) in [6.45, 7) is 8.77. The van der Waals surface area contributed by atoms with E-state index in [-0.39, 0.29) is 28.5 Å². The molecule has 0 bridgehead atoms. The van der Waals surface area contributed by atoms with Gasteiger partial charge in [-0.1, -0.05) is 0 Å². The van der Waals surface area contributed by atoms with Crippen molar-refractivity contribution < 1.29 is 27.4 Å². The Morgan fingerprint density at radius 1 is 1.00 bits per heavy atom. The van der Waals surface area contributed by atoms with Crippen molar-refractivity contribution >= 4 is 22.8 Å². The van der Waals surface area contributed by atoms with Crippen molar-refractivity contribution in [1.29, 1.82) is 0 Å². The molecule has 10 heteroatoms. The number of anilines is 1. The van der Waals surface area contributed by atoms with Crippen molar-refractivity contribution in [3.8, 4) is 16.9 Å². The average Bonchev–Trinajstić information content (AvgIpc) is 2.80. The van der Waals surface area contributed by atoms with Gasteiger partial charge in [0.2, 0.25) is 0 Å². The van der Waals surface area contributed by atoms with Crippen LogP contribution in [0.1, 0.15) is 26.3 Å². The minimum absolute atomic E-state index is 0.0118. The van der Waals surface area contributed by atoms with E-state index in [0.29, 0.717) is 42.9 Å². The van der Waals surface area contributed by atoms with E-state index < -0.39 is 23.1 Å². The first-order valence-electron chi connectivity index (χ1n) is 11.2.